The lowest BCUT2D eigenvalue weighted by molar-refractivity contribution is -0.164. The van der Waals surface area contributed by atoms with Gasteiger partial charge in [0.15, 0.2) is 6.29 Å². The number of carbonyl (C=O) groups is 3. The molecule has 1 rings (SSSR count). The maximum atomic E-state index is 13.3. The summed E-state index contributed by atoms with van der Waals surface area (Å²) in [5, 5.41) is 0. The molecule has 0 N–H and O–H groups in total. The van der Waals surface area contributed by atoms with Crippen LogP contribution in [0.25, 0.3) is 0 Å². The maximum absolute atomic E-state index is 13.3. The molecule has 10 nitrogen and oxygen atoms in total. The van der Waals surface area contributed by atoms with Crippen molar-refractivity contribution >= 4 is 18.0 Å². The number of nitrogens with zero attached hydrogens (tertiary/aromatic N) is 2. The first-order valence-electron chi connectivity index (χ1n) is 26.3. The van der Waals surface area contributed by atoms with E-state index in [-0.39, 0.29) is 37.7 Å². The van der Waals surface area contributed by atoms with E-state index in [0.29, 0.717) is 58.6 Å². The fraction of sp³-hybridized carbons (Fsp3) is 0.868. The number of rotatable bonds is 43. The molecule has 0 aromatic rings. The van der Waals surface area contributed by atoms with Crippen LogP contribution in [-0.4, -0.2) is 99.9 Å². The topological polar surface area (TPSA) is 104 Å². The van der Waals surface area contributed by atoms with Crippen molar-refractivity contribution in [2.45, 2.75) is 227 Å². The van der Waals surface area contributed by atoms with Crippen LogP contribution in [0.15, 0.2) is 24.3 Å². The number of hydrogen-bond donors (Lipinski definition) is 0. The summed E-state index contributed by atoms with van der Waals surface area (Å²) in [7, 11) is 0. The minimum Gasteiger partial charge on any atom is -0.465 e. The Balaban J connectivity index is 2.66. The fourth-order valence-electron chi connectivity index (χ4n) is 7.91. The predicted molar refractivity (Wildman–Crippen MR) is 260 cm³/mol. The van der Waals surface area contributed by atoms with E-state index in [1.165, 1.54) is 83.5 Å². The monoisotopic (exact) mass is 891 g/mol. The van der Waals surface area contributed by atoms with E-state index in [2.05, 4.69) is 63.8 Å². The molecule has 0 aromatic heterocycles. The van der Waals surface area contributed by atoms with Gasteiger partial charge in [-0.2, -0.15) is 0 Å². The summed E-state index contributed by atoms with van der Waals surface area (Å²) >= 11 is 0. The van der Waals surface area contributed by atoms with Crippen LogP contribution < -0.4 is 0 Å². The number of unbranched alkanes of at least 4 members (excludes halogenated alkanes) is 18. The minimum atomic E-state index is -0.564. The molecule has 0 aliphatic carbocycles. The van der Waals surface area contributed by atoms with Crippen molar-refractivity contribution in [2.75, 3.05) is 65.8 Å². The first-order valence-corrected chi connectivity index (χ1v) is 26.3. The molecule has 0 bridgehead atoms. The molecule has 0 saturated carbocycles. The smallest absolute Gasteiger partial charge is 0.409 e. The molecule has 1 aliphatic heterocycles. The summed E-state index contributed by atoms with van der Waals surface area (Å²) in [6.45, 7) is 16.7. The third-order valence-electron chi connectivity index (χ3n) is 12.4. The van der Waals surface area contributed by atoms with Gasteiger partial charge in [0.25, 0.3) is 0 Å². The van der Waals surface area contributed by atoms with Crippen molar-refractivity contribution in [3.05, 3.63) is 24.3 Å². The second-order valence-electron chi connectivity index (χ2n) is 18.0. The highest BCUT2D eigenvalue weighted by molar-refractivity contribution is 5.70. The fourth-order valence-corrected chi connectivity index (χ4v) is 7.91. The Morgan fingerprint density at radius 3 is 1.57 bits per heavy atom. The minimum absolute atomic E-state index is 0.136. The summed E-state index contributed by atoms with van der Waals surface area (Å²) < 4.78 is 29.8. The summed E-state index contributed by atoms with van der Waals surface area (Å²) in [4.78, 5) is 43.3. The van der Waals surface area contributed by atoms with Crippen LogP contribution >= 0.6 is 0 Å². The maximum Gasteiger partial charge on any atom is 0.409 e. The van der Waals surface area contributed by atoms with Crippen LogP contribution in [-0.2, 0) is 33.3 Å². The lowest BCUT2D eigenvalue weighted by atomic mass is 9.80. The molecule has 0 unspecified atom stereocenters. The highest BCUT2D eigenvalue weighted by atomic mass is 16.7. The molecular weight excluding hydrogens is 793 g/mol. The van der Waals surface area contributed by atoms with Crippen molar-refractivity contribution < 1.29 is 38.1 Å². The van der Waals surface area contributed by atoms with Crippen LogP contribution in [0.1, 0.15) is 221 Å². The highest BCUT2D eigenvalue weighted by Crippen LogP contribution is 2.33. The van der Waals surface area contributed by atoms with E-state index in [1.54, 1.807) is 4.90 Å². The Morgan fingerprint density at radius 1 is 0.540 bits per heavy atom. The quantitative estimate of drug-likeness (QED) is 0.0195. The largest absolute Gasteiger partial charge is 0.465 e. The standard InChI is InChI=1S/C53H98N2O8/c1-6-11-14-17-20-21-22-23-24-25-26-27-28-29-32-36-49(56)62-47-53(39-42-55(43-40-53)52(58)61-46-35-41-54(9-4)10-5)48-63-50(57)37-38-51(59-44-33-30-18-15-12-7-2)60-45-34-31-19-16-13-8-3/h20-21,23-24,51H,6-19,22,25-48H2,1-5H3/b21-20-,24-23-. The van der Waals surface area contributed by atoms with E-state index in [9.17, 15) is 14.4 Å². The van der Waals surface area contributed by atoms with Gasteiger partial charge in [0.1, 0.15) is 13.2 Å². The highest BCUT2D eigenvalue weighted by Gasteiger charge is 2.39. The first-order chi connectivity index (χ1) is 30.8. The van der Waals surface area contributed by atoms with Crippen LogP contribution in [0.4, 0.5) is 4.79 Å². The second kappa shape index (κ2) is 42.2. The Morgan fingerprint density at radius 2 is 1.02 bits per heavy atom. The Bertz CT molecular complexity index is 1120. The average Bonchev–Trinajstić information content (AvgIpc) is 3.30. The molecule has 0 aromatic carbocycles. The lowest BCUT2D eigenvalue weighted by Gasteiger charge is -2.40. The number of likely N-dealkylation sites (tertiary alicyclic amines) is 1. The molecule has 1 heterocycles. The number of esters is 2. The summed E-state index contributed by atoms with van der Waals surface area (Å²) in [5.41, 5.74) is -0.564. The van der Waals surface area contributed by atoms with Crippen molar-refractivity contribution in [3.8, 4) is 0 Å². The lowest BCUT2D eigenvalue weighted by Crippen LogP contribution is -2.47. The van der Waals surface area contributed by atoms with E-state index in [4.69, 9.17) is 23.7 Å². The van der Waals surface area contributed by atoms with Crippen LogP contribution in [0, 0.1) is 5.41 Å². The number of carbonyl (C=O) groups excluding carboxylic acids is 3. The first kappa shape index (κ1) is 58.6. The Hall–Kier alpha value is -2.43. The predicted octanol–water partition coefficient (Wildman–Crippen LogP) is 13.7. The third-order valence-corrected chi connectivity index (χ3v) is 12.4. The Kier molecular flexibility index (Phi) is 39.3. The van der Waals surface area contributed by atoms with Gasteiger partial charge in [0, 0.05) is 51.1 Å². The van der Waals surface area contributed by atoms with E-state index >= 15 is 0 Å². The second-order valence-corrected chi connectivity index (χ2v) is 18.0. The summed E-state index contributed by atoms with van der Waals surface area (Å²) in [6, 6.07) is 0. The van der Waals surface area contributed by atoms with E-state index in [1.807, 2.05) is 0 Å². The molecule has 1 fully saturated rings. The van der Waals surface area contributed by atoms with Gasteiger partial charge in [-0.15, -0.1) is 0 Å². The molecule has 10 heteroatoms. The molecule has 368 valence electrons. The van der Waals surface area contributed by atoms with Gasteiger partial charge in [-0.05, 0) is 83.7 Å². The van der Waals surface area contributed by atoms with Gasteiger partial charge in [0.05, 0.1) is 13.0 Å². The molecule has 63 heavy (non-hydrogen) atoms. The zero-order valence-corrected chi connectivity index (χ0v) is 41.6. The third kappa shape index (κ3) is 33.7. The van der Waals surface area contributed by atoms with E-state index < -0.39 is 11.7 Å². The summed E-state index contributed by atoms with van der Waals surface area (Å²) in [6.07, 6.45) is 37.9. The zero-order chi connectivity index (χ0) is 45.9. The SMILES string of the molecule is CCCCC/C=C\C/C=C\CCCCCCCC(=O)OCC1(COC(=O)CCC(OCCCCCCCC)OCCCCCCCC)CCN(C(=O)OCCCN(CC)CC)CC1. The van der Waals surface area contributed by atoms with Crippen LogP contribution in [0.2, 0.25) is 0 Å². The number of ether oxygens (including phenoxy) is 5. The van der Waals surface area contributed by atoms with Crippen LogP contribution in [0.5, 0.6) is 0 Å². The molecule has 1 saturated heterocycles. The van der Waals surface area contributed by atoms with E-state index in [0.717, 1.165) is 90.3 Å². The van der Waals surface area contributed by atoms with Gasteiger partial charge in [-0.3, -0.25) is 9.59 Å². The number of piperidine rings is 1. The molecule has 0 spiro atoms. The van der Waals surface area contributed by atoms with Crippen LogP contribution in [0.3, 0.4) is 0 Å². The normalized spacial score (nSPS) is 14.1. The molecular formula is C53H98N2O8. The summed E-state index contributed by atoms with van der Waals surface area (Å²) in [5.74, 6) is -0.522. The molecule has 1 amide bonds. The van der Waals surface area contributed by atoms with Gasteiger partial charge >= 0.3 is 18.0 Å². The van der Waals surface area contributed by atoms with Crippen molar-refractivity contribution in [1.82, 2.24) is 9.80 Å². The van der Waals surface area contributed by atoms with Gasteiger partial charge < -0.3 is 33.5 Å². The Labute approximate surface area is 387 Å². The average molecular weight is 891 g/mol. The molecule has 1 aliphatic rings. The van der Waals surface area contributed by atoms with Gasteiger partial charge in [0.2, 0.25) is 0 Å². The van der Waals surface area contributed by atoms with Gasteiger partial charge in [-0.25, -0.2) is 4.79 Å². The van der Waals surface area contributed by atoms with Crippen molar-refractivity contribution in [2.24, 2.45) is 5.41 Å². The molecule has 0 radical (unpaired) electrons. The number of allylic oxidation sites excluding steroid dienone is 4. The van der Waals surface area contributed by atoms with Crippen molar-refractivity contribution in [3.63, 3.8) is 0 Å². The molecule has 0 atom stereocenters. The van der Waals surface area contributed by atoms with Gasteiger partial charge in [-0.1, -0.05) is 155 Å². The van der Waals surface area contributed by atoms with Crippen molar-refractivity contribution in [1.29, 1.82) is 0 Å². The number of amides is 1. The zero-order valence-electron chi connectivity index (χ0n) is 41.6. The number of hydrogen-bond acceptors (Lipinski definition) is 9.